The van der Waals surface area contributed by atoms with E-state index in [1.54, 1.807) is 17.0 Å². The molecular weight excluding hydrogens is 462 g/mol. The van der Waals surface area contributed by atoms with Gasteiger partial charge in [-0.3, -0.25) is 4.79 Å². The smallest absolute Gasteiger partial charge is 0.295 e. The fourth-order valence-electron chi connectivity index (χ4n) is 4.19. The maximum Gasteiger partial charge on any atom is 0.295 e. The molecule has 6 aromatic rings. The first-order valence-corrected chi connectivity index (χ1v) is 11.9. The molecule has 0 aliphatic rings. The van der Waals surface area contributed by atoms with Gasteiger partial charge in [0.15, 0.2) is 5.82 Å². The third-order valence-corrected chi connectivity index (χ3v) is 6.03. The number of imidazole rings is 1. The predicted molar refractivity (Wildman–Crippen MR) is 144 cm³/mol. The zero-order chi connectivity index (χ0) is 25.0. The maximum absolute atomic E-state index is 13.2. The first kappa shape index (κ1) is 22.2. The minimum Gasteiger partial charge on any atom is -0.364 e. The van der Waals surface area contributed by atoms with Crippen molar-refractivity contribution < 1.29 is 4.79 Å². The maximum atomic E-state index is 13.2. The Labute approximate surface area is 213 Å². The molecule has 8 heteroatoms. The molecule has 0 aliphatic carbocycles. The van der Waals surface area contributed by atoms with Crippen LogP contribution in [0.4, 0.5) is 11.5 Å². The van der Waals surface area contributed by atoms with Crippen molar-refractivity contribution >= 4 is 22.9 Å². The van der Waals surface area contributed by atoms with Gasteiger partial charge in [0, 0.05) is 42.1 Å². The summed E-state index contributed by atoms with van der Waals surface area (Å²) in [6.07, 6.45) is 7.16. The summed E-state index contributed by atoms with van der Waals surface area (Å²) < 4.78 is 3.60. The van der Waals surface area contributed by atoms with Crippen LogP contribution in [0.5, 0.6) is 0 Å². The van der Waals surface area contributed by atoms with Crippen LogP contribution < -0.4 is 10.6 Å². The number of benzene rings is 3. The van der Waals surface area contributed by atoms with E-state index in [4.69, 9.17) is 0 Å². The van der Waals surface area contributed by atoms with E-state index in [2.05, 4.69) is 25.7 Å². The number of rotatable bonds is 7. The van der Waals surface area contributed by atoms with Gasteiger partial charge < -0.3 is 15.2 Å². The number of anilines is 2. The molecule has 180 valence electrons. The van der Waals surface area contributed by atoms with E-state index in [1.807, 2.05) is 108 Å². The number of hydrogen-bond acceptors (Lipinski definition) is 5. The van der Waals surface area contributed by atoms with Crippen LogP contribution in [-0.2, 0) is 6.54 Å². The van der Waals surface area contributed by atoms with E-state index in [0.29, 0.717) is 18.1 Å². The molecule has 0 saturated carbocycles. The Hall–Kier alpha value is -5.24. The van der Waals surface area contributed by atoms with Crippen LogP contribution in [0.3, 0.4) is 0 Å². The van der Waals surface area contributed by atoms with Crippen LogP contribution in [0.15, 0.2) is 116 Å². The van der Waals surface area contributed by atoms with Crippen molar-refractivity contribution in [3.63, 3.8) is 0 Å². The second kappa shape index (κ2) is 9.79. The van der Waals surface area contributed by atoms with E-state index in [1.165, 1.54) is 0 Å². The Morgan fingerprint density at radius 3 is 2.32 bits per heavy atom. The van der Waals surface area contributed by atoms with Crippen LogP contribution in [0.25, 0.3) is 22.3 Å². The van der Waals surface area contributed by atoms with Gasteiger partial charge in [0.25, 0.3) is 5.91 Å². The highest BCUT2D eigenvalue weighted by atomic mass is 16.2. The van der Waals surface area contributed by atoms with Crippen molar-refractivity contribution in [2.45, 2.75) is 6.54 Å². The molecule has 0 unspecified atom stereocenters. The highest BCUT2D eigenvalue weighted by molar-refractivity contribution is 6.02. The molecule has 0 fully saturated rings. The summed E-state index contributed by atoms with van der Waals surface area (Å²) in [7, 11) is 0. The number of amides is 1. The summed E-state index contributed by atoms with van der Waals surface area (Å²) in [5, 5.41) is 10.9. The second-order valence-electron chi connectivity index (χ2n) is 8.48. The summed E-state index contributed by atoms with van der Waals surface area (Å²) in [4.78, 5) is 21.9. The molecule has 0 atom stereocenters. The number of nitrogens with one attached hydrogen (secondary N) is 2. The van der Waals surface area contributed by atoms with Crippen molar-refractivity contribution in [3.05, 3.63) is 127 Å². The second-order valence-corrected chi connectivity index (χ2v) is 8.48. The third-order valence-electron chi connectivity index (χ3n) is 6.03. The molecule has 0 spiro atoms. The van der Waals surface area contributed by atoms with Gasteiger partial charge in [0.1, 0.15) is 5.52 Å². The minimum atomic E-state index is -0.394. The molecule has 0 saturated heterocycles. The molecule has 6 rings (SSSR count). The molecule has 3 aromatic heterocycles. The van der Waals surface area contributed by atoms with Crippen molar-refractivity contribution in [3.8, 4) is 16.8 Å². The third kappa shape index (κ3) is 4.68. The average Bonchev–Trinajstić information content (AvgIpc) is 3.64. The quantitative estimate of drug-likeness (QED) is 0.314. The summed E-state index contributed by atoms with van der Waals surface area (Å²) in [5.41, 5.74) is 5.54. The van der Waals surface area contributed by atoms with Crippen molar-refractivity contribution in [2.24, 2.45) is 0 Å². The van der Waals surface area contributed by atoms with E-state index < -0.39 is 5.91 Å². The topological polar surface area (TPSA) is 89.1 Å². The number of nitrogens with zero attached hydrogens (tertiary/aromatic N) is 5. The normalized spacial score (nSPS) is 10.9. The number of aromatic nitrogens is 5. The van der Waals surface area contributed by atoms with Crippen molar-refractivity contribution in [1.29, 1.82) is 0 Å². The molecular formula is C29H23N7O. The molecule has 37 heavy (non-hydrogen) atoms. The van der Waals surface area contributed by atoms with Crippen LogP contribution >= 0.6 is 0 Å². The molecule has 3 aromatic carbocycles. The Morgan fingerprint density at radius 2 is 1.59 bits per heavy atom. The SMILES string of the molecule is O=C(Nc1ccc(-n2ccnc2)cc1)c1nc(NCc2ccccc2)c2c(-c3ccccc3)ccn2n1. The molecule has 1 amide bonds. The van der Waals surface area contributed by atoms with E-state index in [9.17, 15) is 4.79 Å². The highest BCUT2D eigenvalue weighted by Gasteiger charge is 2.18. The largest absolute Gasteiger partial charge is 0.364 e. The summed E-state index contributed by atoms with van der Waals surface area (Å²) in [5.74, 6) is 0.260. The lowest BCUT2D eigenvalue weighted by Gasteiger charge is -2.12. The summed E-state index contributed by atoms with van der Waals surface area (Å²) in [6, 6.07) is 29.6. The fraction of sp³-hybridized carbons (Fsp3) is 0.0345. The monoisotopic (exact) mass is 485 g/mol. The Balaban J connectivity index is 1.32. The Bertz CT molecular complexity index is 1640. The van der Waals surface area contributed by atoms with Gasteiger partial charge in [0.05, 0.1) is 6.33 Å². The van der Waals surface area contributed by atoms with Gasteiger partial charge in [0.2, 0.25) is 5.82 Å². The molecule has 2 N–H and O–H groups in total. The predicted octanol–water partition coefficient (Wildman–Crippen LogP) is 5.45. The lowest BCUT2D eigenvalue weighted by Crippen LogP contribution is -2.19. The van der Waals surface area contributed by atoms with E-state index in [-0.39, 0.29) is 5.82 Å². The number of carbonyl (C=O) groups is 1. The minimum absolute atomic E-state index is 0.0666. The molecule has 0 aliphatic heterocycles. The highest BCUT2D eigenvalue weighted by Crippen LogP contribution is 2.30. The van der Waals surface area contributed by atoms with Crippen molar-refractivity contribution in [1.82, 2.24) is 24.1 Å². The number of carbonyl (C=O) groups excluding carboxylic acids is 1. The van der Waals surface area contributed by atoms with Gasteiger partial charge in [-0.05, 0) is 41.5 Å². The molecule has 0 bridgehead atoms. The van der Waals surface area contributed by atoms with Gasteiger partial charge >= 0.3 is 0 Å². The van der Waals surface area contributed by atoms with Crippen LogP contribution in [0, 0.1) is 0 Å². The van der Waals surface area contributed by atoms with Gasteiger partial charge in [-0.2, -0.15) is 0 Å². The van der Waals surface area contributed by atoms with E-state index >= 15 is 0 Å². The summed E-state index contributed by atoms with van der Waals surface area (Å²) in [6.45, 7) is 0.559. The molecule has 0 radical (unpaired) electrons. The first-order chi connectivity index (χ1) is 18.2. The average molecular weight is 486 g/mol. The van der Waals surface area contributed by atoms with Crippen LogP contribution in [0.1, 0.15) is 16.2 Å². The lowest BCUT2D eigenvalue weighted by molar-refractivity contribution is 0.101. The lowest BCUT2D eigenvalue weighted by atomic mass is 10.1. The van der Waals surface area contributed by atoms with Gasteiger partial charge in [-0.15, -0.1) is 5.10 Å². The standard InChI is InChI=1S/C29H23N7O/c37-29(32-23-11-13-24(14-12-23)35-18-16-30-20-35)28-33-27(31-19-21-7-3-1-4-8-21)26-25(15-17-36(26)34-28)22-9-5-2-6-10-22/h1-18,20H,19H2,(H,32,37)(H,31,33,34). The number of fused-ring (bicyclic) bond motifs is 1. The summed E-state index contributed by atoms with van der Waals surface area (Å²) >= 11 is 0. The first-order valence-electron chi connectivity index (χ1n) is 11.9. The molecule has 3 heterocycles. The van der Waals surface area contributed by atoms with Gasteiger partial charge in [-0.1, -0.05) is 60.7 Å². The Morgan fingerprint density at radius 1 is 0.838 bits per heavy atom. The fourth-order valence-corrected chi connectivity index (χ4v) is 4.19. The zero-order valence-electron chi connectivity index (χ0n) is 19.8. The van der Waals surface area contributed by atoms with Gasteiger partial charge in [-0.25, -0.2) is 14.5 Å². The Kier molecular flexibility index (Phi) is 5.88. The van der Waals surface area contributed by atoms with Crippen LogP contribution in [-0.4, -0.2) is 30.1 Å². The zero-order valence-corrected chi connectivity index (χ0v) is 19.8. The van der Waals surface area contributed by atoms with Crippen molar-refractivity contribution in [2.75, 3.05) is 10.6 Å². The number of hydrogen-bond donors (Lipinski definition) is 2. The molecule has 8 nitrogen and oxygen atoms in total. The van der Waals surface area contributed by atoms with Crippen LogP contribution in [0.2, 0.25) is 0 Å². The van der Waals surface area contributed by atoms with E-state index in [0.717, 1.165) is 27.9 Å².